The second-order valence-corrected chi connectivity index (χ2v) is 2.04. The molecule has 1 unspecified atom stereocenters. The summed E-state index contributed by atoms with van der Waals surface area (Å²) in [5.41, 5.74) is 0. The van der Waals surface area contributed by atoms with Gasteiger partial charge in [-0.1, -0.05) is 0 Å². The monoisotopic (exact) mass is 135 g/mol. The van der Waals surface area contributed by atoms with Crippen molar-refractivity contribution in [1.82, 2.24) is 5.12 Å². The van der Waals surface area contributed by atoms with Gasteiger partial charge in [-0.2, -0.15) is 0 Å². The van der Waals surface area contributed by atoms with Gasteiger partial charge < -0.3 is 9.84 Å². The third-order valence-corrected chi connectivity index (χ3v) is 1.29. The molecule has 1 N–H and O–H groups in total. The Morgan fingerprint density at radius 3 is 3.00 bits per heavy atom. The van der Waals surface area contributed by atoms with Crippen molar-refractivity contribution < 1.29 is 14.3 Å². The summed E-state index contributed by atoms with van der Waals surface area (Å²) in [5, 5.41) is 9.15. The smallest absolute Gasteiger partial charge is 0.0959 e. The lowest BCUT2D eigenvalue weighted by molar-refractivity contribution is -0.119. The molecule has 0 saturated carbocycles. The molecule has 0 spiro atoms. The summed E-state index contributed by atoms with van der Waals surface area (Å²) in [6.07, 6.45) is -0.330. The van der Waals surface area contributed by atoms with Gasteiger partial charge in [0.25, 0.3) is 0 Å². The zero-order valence-electron chi connectivity index (χ0n) is 5.09. The van der Waals surface area contributed by atoms with E-state index in [1.165, 1.54) is 0 Å². The van der Waals surface area contributed by atoms with Crippen LogP contribution in [0, 0.1) is 0 Å². The van der Waals surface area contributed by atoms with Crippen LogP contribution < -0.4 is 0 Å². The van der Waals surface area contributed by atoms with Gasteiger partial charge in [0.2, 0.25) is 0 Å². The molecule has 0 amide bonds. The summed E-state index contributed by atoms with van der Waals surface area (Å²) in [5.74, 6) is 0. The number of hydrogen-bond acceptors (Lipinski definition) is 3. The number of aliphatic hydroxyl groups is 1. The molecule has 1 fully saturated rings. The van der Waals surface area contributed by atoms with Crippen molar-refractivity contribution >= 4 is 0 Å². The molecular formula is C5H10FNO2. The van der Waals surface area contributed by atoms with Crippen LogP contribution in [0.3, 0.4) is 0 Å². The first-order valence-electron chi connectivity index (χ1n) is 2.96. The van der Waals surface area contributed by atoms with E-state index in [-0.39, 0.29) is 19.3 Å². The first-order valence-corrected chi connectivity index (χ1v) is 2.96. The molecule has 0 radical (unpaired) electrons. The van der Waals surface area contributed by atoms with Gasteiger partial charge in [-0.05, 0) is 0 Å². The fourth-order valence-corrected chi connectivity index (χ4v) is 0.794. The molecule has 0 bridgehead atoms. The third kappa shape index (κ3) is 1.89. The van der Waals surface area contributed by atoms with Crippen LogP contribution in [-0.2, 0) is 4.74 Å². The van der Waals surface area contributed by atoms with Gasteiger partial charge in [0.15, 0.2) is 0 Å². The molecule has 1 atom stereocenters. The van der Waals surface area contributed by atoms with E-state index < -0.39 is 0 Å². The quantitative estimate of drug-likeness (QED) is 0.495. The lowest BCUT2D eigenvalue weighted by Gasteiger charge is -2.24. The van der Waals surface area contributed by atoms with Crippen molar-refractivity contribution in [3.63, 3.8) is 0 Å². The molecule has 1 heterocycles. The van der Waals surface area contributed by atoms with Crippen LogP contribution in [0.25, 0.3) is 0 Å². The van der Waals surface area contributed by atoms with Gasteiger partial charge >= 0.3 is 0 Å². The lowest BCUT2D eigenvalue weighted by Crippen LogP contribution is -2.39. The Morgan fingerprint density at radius 1 is 1.78 bits per heavy atom. The number of halogens is 1. The maximum atomic E-state index is 12.3. The highest BCUT2D eigenvalue weighted by Gasteiger charge is 2.18. The number of morpholine rings is 1. The molecule has 1 saturated heterocycles. The number of ether oxygens (including phenoxy) is 1. The highest BCUT2D eigenvalue weighted by molar-refractivity contribution is 4.63. The molecule has 1 rings (SSSR count). The van der Waals surface area contributed by atoms with Crippen molar-refractivity contribution in [2.24, 2.45) is 0 Å². The Kier molecular flexibility index (Phi) is 2.38. The van der Waals surface area contributed by atoms with E-state index in [2.05, 4.69) is 0 Å². The molecule has 54 valence electrons. The topological polar surface area (TPSA) is 32.7 Å². The SMILES string of the molecule is OCC1CN(F)CCO1. The largest absolute Gasteiger partial charge is 0.394 e. The zero-order chi connectivity index (χ0) is 6.69. The van der Waals surface area contributed by atoms with Crippen molar-refractivity contribution in [1.29, 1.82) is 0 Å². The Labute approximate surface area is 53.0 Å². The predicted octanol–water partition coefficient (Wildman–Crippen LogP) is -0.436. The average Bonchev–Trinajstić information content (AvgIpc) is 1.88. The Bertz CT molecular complexity index is 91.0. The summed E-state index contributed by atoms with van der Waals surface area (Å²) in [6, 6.07) is 0. The Hall–Kier alpha value is -0.190. The first kappa shape index (κ1) is 6.92. The van der Waals surface area contributed by atoms with Crippen molar-refractivity contribution in [3.8, 4) is 0 Å². The molecule has 0 aliphatic carbocycles. The first-order chi connectivity index (χ1) is 4.33. The summed E-state index contributed by atoms with van der Waals surface area (Å²) in [6.45, 7) is 0.787. The molecule has 4 heteroatoms. The van der Waals surface area contributed by atoms with E-state index in [0.717, 1.165) is 0 Å². The van der Waals surface area contributed by atoms with Crippen LogP contribution in [-0.4, -0.2) is 42.6 Å². The van der Waals surface area contributed by atoms with E-state index in [0.29, 0.717) is 18.3 Å². The molecule has 0 aromatic heterocycles. The van der Waals surface area contributed by atoms with Crippen LogP contribution in [0.5, 0.6) is 0 Å². The molecule has 9 heavy (non-hydrogen) atoms. The fraction of sp³-hybridized carbons (Fsp3) is 1.00. The summed E-state index contributed by atoms with van der Waals surface area (Å²) < 4.78 is 17.2. The van der Waals surface area contributed by atoms with E-state index in [1.807, 2.05) is 0 Å². The molecule has 1 aliphatic rings. The molecule has 0 aromatic rings. The van der Waals surface area contributed by atoms with E-state index >= 15 is 0 Å². The maximum Gasteiger partial charge on any atom is 0.0959 e. The number of hydrogen-bond donors (Lipinski definition) is 1. The van der Waals surface area contributed by atoms with Crippen molar-refractivity contribution in [2.75, 3.05) is 26.3 Å². The van der Waals surface area contributed by atoms with Gasteiger partial charge in [0.05, 0.1) is 32.4 Å². The standard InChI is InChI=1S/C5H10FNO2/c6-7-1-2-9-5(3-7)4-8/h5,8H,1-4H2. The second kappa shape index (κ2) is 3.10. The van der Waals surface area contributed by atoms with Crippen LogP contribution >= 0.6 is 0 Å². The summed E-state index contributed by atoms with van der Waals surface area (Å²) in [4.78, 5) is 0. The van der Waals surface area contributed by atoms with Crippen LogP contribution in [0.15, 0.2) is 0 Å². The van der Waals surface area contributed by atoms with Crippen LogP contribution in [0.2, 0.25) is 0 Å². The minimum absolute atomic E-state index is 0.0968. The molecule has 3 nitrogen and oxygen atoms in total. The Morgan fingerprint density at radius 2 is 2.56 bits per heavy atom. The minimum Gasteiger partial charge on any atom is -0.394 e. The maximum absolute atomic E-state index is 12.3. The van der Waals surface area contributed by atoms with Gasteiger partial charge in [0, 0.05) is 0 Å². The van der Waals surface area contributed by atoms with E-state index in [1.54, 1.807) is 0 Å². The molecular weight excluding hydrogens is 125 g/mol. The predicted molar refractivity (Wildman–Crippen MR) is 29.5 cm³/mol. The normalized spacial score (nSPS) is 30.7. The number of nitrogens with zero attached hydrogens (tertiary/aromatic N) is 1. The van der Waals surface area contributed by atoms with Gasteiger partial charge in [-0.15, -0.1) is 9.60 Å². The third-order valence-electron chi connectivity index (χ3n) is 1.29. The number of rotatable bonds is 1. The van der Waals surface area contributed by atoms with E-state index in [4.69, 9.17) is 9.84 Å². The second-order valence-electron chi connectivity index (χ2n) is 2.04. The fourth-order valence-electron chi connectivity index (χ4n) is 0.794. The highest BCUT2D eigenvalue weighted by atomic mass is 19.2. The lowest BCUT2D eigenvalue weighted by atomic mass is 10.3. The van der Waals surface area contributed by atoms with Gasteiger partial charge in [0.1, 0.15) is 0 Å². The van der Waals surface area contributed by atoms with Crippen molar-refractivity contribution in [2.45, 2.75) is 6.10 Å². The highest BCUT2D eigenvalue weighted by Crippen LogP contribution is 2.03. The Balaban J connectivity index is 2.23. The van der Waals surface area contributed by atoms with E-state index in [9.17, 15) is 4.48 Å². The minimum atomic E-state index is -0.330. The number of aliphatic hydroxyl groups excluding tert-OH is 1. The van der Waals surface area contributed by atoms with Crippen LogP contribution in [0.1, 0.15) is 0 Å². The van der Waals surface area contributed by atoms with Gasteiger partial charge in [-0.3, -0.25) is 0 Å². The van der Waals surface area contributed by atoms with Crippen molar-refractivity contribution in [3.05, 3.63) is 0 Å². The summed E-state index contributed by atoms with van der Waals surface area (Å²) in [7, 11) is 0. The molecule has 0 aromatic carbocycles. The van der Waals surface area contributed by atoms with Gasteiger partial charge in [-0.25, -0.2) is 0 Å². The zero-order valence-corrected chi connectivity index (χ0v) is 5.09. The molecule has 1 aliphatic heterocycles. The average molecular weight is 135 g/mol. The van der Waals surface area contributed by atoms with Crippen LogP contribution in [0.4, 0.5) is 4.48 Å². The summed E-state index contributed by atoms with van der Waals surface area (Å²) >= 11 is 0.